The maximum Gasteiger partial charge on any atom is 0.168 e. The Kier molecular flexibility index (Phi) is 4.53. The van der Waals surface area contributed by atoms with Crippen LogP contribution in [-0.4, -0.2) is 18.5 Å². The van der Waals surface area contributed by atoms with Crippen molar-refractivity contribution in [2.75, 3.05) is 7.11 Å². The number of carbonyl (C=O) groups is 1. The second-order valence-corrected chi connectivity index (χ2v) is 5.75. The molecule has 4 heteroatoms. The smallest absolute Gasteiger partial charge is 0.168 e. The molecule has 0 aromatic heterocycles. The Bertz CT molecular complexity index is 501. The Morgan fingerprint density at radius 2 is 2.15 bits per heavy atom. The van der Waals surface area contributed by atoms with E-state index in [0.29, 0.717) is 24.3 Å². The van der Waals surface area contributed by atoms with Crippen LogP contribution in [0.2, 0.25) is 0 Å². The minimum absolute atomic E-state index is 0.0439. The predicted octanol–water partition coefficient (Wildman–Crippen LogP) is 3.67. The highest BCUT2D eigenvalue weighted by molar-refractivity contribution is 5.89. The van der Waals surface area contributed by atoms with Gasteiger partial charge in [0.15, 0.2) is 17.4 Å². The lowest BCUT2D eigenvalue weighted by molar-refractivity contribution is -0.146. The highest BCUT2D eigenvalue weighted by Gasteiger charge is 2.41. The van der Waals surface area contributed by atoms with Gasteiger partial charge in [-0.2, -0.15) is 0 Å². The van der Waals surface area contributed by atoms with E-state index in [1.54, 1.807) is 7.11 Å². The predicted molar refractivity (Wildman–Crippen MR) is 72.4 cm³/mol. The number of methoxy groups -OCH3 is 1. The van der Waals surface area contributed by atoms with Gasteiger partial charge in [0.25, 0.3) is 0 Å². The van der Waals surface area contributed by atoms with E-state index in [-0.39, 0.29) is 12.2 Å². The van der Waals surface area contributed by atoms with Crippen LogP contribution in [-0.2, 0) is 16.0 Å². The van der Waals surface area contributed by atoms with E-state index < -0.39 is 17.2 Å². The fourth-order valence-electron chi connectivity index (χ4n) is 3.05. The van der Waals surface area contributed by atoms with E-state index in [0.717, 1.165) is 25.0 Å². The molecule has 0 saturated heterocycles. The number of benzene rings is 1. The van der Waals surface area contributed by atoms with Crippen LogP contribution in [0.15, 0.2) is 18.2 Å². The average molecular weight is 282 g/mol. The van der Waals surface area contributed by atoms with Crippen molar-refractivity contribution >= 4 is 5.78 Å². The third-order valence-corrected chi connectivity index (χ3v) is 4.20. The number of ether oxygens (including phenoxy) is 1. The normalized spacial score (nSPS) is 26.5. The second-order valence-electron chi connectivity index (χ2n) is 5.75. The molecule has 1 fully saturated rings. The van der Waals surface area contributed by atoms with E-state index in [1.165, 1.54) is 6.07 Å². The van der Waals surface area contributed by atoms with Gasteiger partial charge in [-0.25, -0.2) is 8.78 Å². The summed E-state index contributed by atoms with van der Waals surface area (Å²) in [6, 6.07) is 3.59. The largest absolute Gasteiger partial charge is 0.370 e. The molecule has 0 aliphatic heterocycles. The summed E-state index contributed by atoms with van der Waals surface area (Å²) >= 11 is 0. The minimum atomic E-state index is -0.918. The second kappa shape index (κ2) is 6.00. The van der Waals surface area contributed by atoms with Crippen LogP contribution < -0.4 is 0 Å². The average Bonchev–Trinajstić information content (AvgIpc) is 2.42. The molecule has 1 aliphatic carbocycles. The van der Waals surface area contributed by atoms with Crippen LogP contribution in [0.25, 0.3) is 0 Å². The van der Waals surface area contributed by atoms with Crippen molar-refractivity contribution in [1.82, 2.24) is 0 Å². The van der Waals surface area contributed by atoms with Crippen LogP contribution in [0, 0.1) is 17.6 Å². The summed E-state index contributed by atoms with van der Waals surface area (Å²) in [6.07, 6.45) is 3.54. The molecular weight excluding hydrogens is 262 g/mol. The molecule has 2 nitrogen and oxygen atoms in total. The first-order valence-corrected chi connectivity index (χ1v) is 6.99. The summed E-state index contributed by atoms with van der Waals surface area (Å²) in [7, 11) is 1.56. The van der Waals surface area contributed by atoms with E-state index in [1.807, 2.05) is 0 Å². The topological polar surface area (TPSA) is 26.3 Å². The first-order chi connectivity index (χ1) is 9.47. The molecule has 1 aliphatic rings. The Labute approximate surface area is 118 Å². The Morgan fingerprint density at radius 3 is 2.75 bits per heavy atom. The van der Waals surface area contributed by atoms with Crippen molar-refractivity contribution in [3.8, 4) is 0 Å². The van der Waals surface area contributed by atoms with Crippen LogP contribution >= 0.6 is 0 Å². The molecule has 0 N–H and O–H groups in total. The van der Waals surface area contributed by atoms with Gasteiger partial charge in [0.1, 0.15) is 5.60 Å². The van der Waals surface area contributed by atoms with Gasteiger partial charge in [0.2, 0.25) is 0 Å². The zero-order valence-electron chi connectivity index (χ0n) is 11.9. The Hall–Kier alpha value is -1.29. The lowest BCUT2D eigenvalue weighted by Crippen LogP contribution is -2.45. The molecule has 20 heavy (non-hydrogen) atoms. The third-order valence-electron chi connectivity index (χ3n) is 4.20. The van der Waals surface area contributed by atoms with Crippen molar-refractivity contribution in [1.29, 1.82) is 0 Å². The first kappa shape index (κ1) is 15.1. The van der Waals surface area contributed by atoms with Gasteiger partial charge >= 0.3 is 0 Å². The SMILES string of the molecule is COC1(C(=O)Cc2ccc(F)c(F)c2)CCCC(C)C1. The zero-order valence-corrected chi connectivity index (χ0v) is 11.9. The molecule has 0 amide bonds. The molecule has 0 bridgehead atoms. The summed E-state index contributed by atoms with van der Waals surface area (Å²) < 4.78 is 31.6. The van der Waals surface area contributed by atoms with Crippen molar-refractivity contribution in [2.24, 2.45) is 5.92 Å². The molecule has 0 heterocycles. The molecule has 1 saturated carbocycles. The van der Waals surface area contributed by atoms with Gasteiger partial charge in [-0.15, -0.1) is 0 Å². The van der Waals surface area contributed by atoms with Gasteiger partial charge in [0, 0.05) is 13.5 Å². The number of hydrogen-bond acceptors (Lipinski definition) is 2. The Morgan fingerprint density at radius 1 is 1.40 bits per heavy atom. The summed E-state index contributed by atoms with van der Waals surface area (Å²) in [4.78, 5) is 12.5. The van der Waals surface area contributed by atoms with Gasteiger partial charge in [-0.3, -0.25) is 4.79 Å². The highest BCUT2D eigenvalue weighted by Crippen LogP contribution is 2.36. The van der Waals surface area contributed by atoms with Gasteiger partial charge in [-0.1, -0.05) is 19.4 Å². The van der Waals surface area contributed by atoms with Gasteiger partial charge in [-0.05, 0) is 42.9 Å². The van der Waals surface area contributed by atoms with Crippen LogP contribution in [0.1, 0.15) is 38.2 Å². The van der Waals surface area contributed by atoms with Crippen LogP contribution in [0.3, 0.4) is 0 Å². The summed E-state index contributed by atoms with van der Waals surface area (Å²) in [5, 5.41) is 0. The lowest BCUT2D eigenvalue weighted by atomic mass is 9.75. The van der Waals surface area contributed by atoms with Gasteiger partial charge < -0.3 is 4.74 Å². The first-order valence-electron chi connectivity index (χ1n) is 6.99. The molecule has 2 atom stereocenters. The maximum atomic E-state index is 13.2. The molecular formula is C16H20F2O2. The maximum absolute atomic E-state index is 13.2. The highest BCUT2D eigenvalue weighted by atomic mass is 19.2. The standard InChI is InChI=1S/C16H20F2O2/c1-11-4-3-7-16(10-11,20-2)15(19)9-12-5-6-13(17)14(18)8-12/h5-6,8,11H,3-4,7,9-10H2,1-2H3. The van der Waals surface area contributed by atoms with E-state index in [9.17, 15) is 13.6 Å². The summed E-state index contributed by atoms with van der Waals surface area (Å²) in [5.41, 5.74) is -0.272. The molecule has 110 valence electrons. The fourth-order valence-corrected chi connectivity index (χ4v) is 3.05. The summed E-state index contributed by atoms with van der Waals surface area (Å²) in [6.45, 7) is 2.11. The molecule has 2 unspecified atom stereocenters. The number of ketones is 1. The van der Waals surface area contributed by atoms with E-state index >= 15 is 0 Å². The van der Waals surface area contributed by atoms with Crippen molar-refractivity contribution in [3.05, 3.63) is 35.4 Å². The molecule has 0 radical (unpaired) electrons. The fraction of sp³-hybridized carbons (Fsp3) is 0.562. The zero-order chi connectivity index (χ0) is 14.8. The molecule has 1 aromatic carbocycles. The number of carbonyl (C=O) groups excluding carboxylic acids is 1. The quantitative estimate of drug-likeness (QED) is 0.842. The minimum Gasteiger partial charge on any atom is -0.370 e. The van der Waals surface area contributed by atoms with Crippen molar-refractivity contribution in [2.45, 2.75) is 44.6 Å². The Balaban J connectivity index is 2.14. The number of rotatable bonds is 4. The lowest BCUT2D eigenvalue weighted by Gasteiger charge is -2.37. The van der Waals surface area contributed by atoms with Crippen molar-refractivity contribution in [3.63, 3.8) is 0 Å². The molecule has 1 aromatic rings. The monoisotopic (exact) mass is 282 g/mol. The van der Waals surface area contributed by atoms with Crippen LogP contribution in [0.4, 0.5) is 8.78 Å². The number of halogens is 2. The molecule has 2 rings (SSSR count). The number of hydrogen-bond donors (Lipinski definition) is 0. The third kappa shape index (κ3) is 3.06. The number of Topliss-reactive ketones (excluding diaryl/α,β-unsaturated/α-hetero) is 1. The van der Waals surface area contributed by atoms with Gasteiger partial charge in [0.05, 0.1) is 0 Å². The molecule has 0 spiro atoms. The van der Waals surface area contributed by atoms with E-state index in [2.05, 4.69) is 6.92 Å². The van der Waals surface area contributed by atoms with Crippen molar-refractivity contribution < 1.29 is 18.3 Å². The summed E-state index contributed by atoms with van der Waals surface area (Å²) in [5.74, 6) is -1.41. The van der Waals surface area contributed by atoms with E-state index in [4.69, 9.17) is 4.74 Å². The van der Waals surface area contributed by atoms with Crippen LogP contribution in [0.5, 0.6) is 0 Å².